The summed E-state index contributed by atoms with van der Waals surface area (Å²) in [4.78, 5) is 0.302. The molecule has 3 N–H and O–H groups in total. The number of anilines is 1. The molecule has 0 heterocycles. The van der Waals surface area contributed by atoms with Gasteiger partial charge in [0, 0.05) is 11.8 Å². The van der Waals surface area contributed by atoms with Crippen molar-refractivity contribution < 1.29 is 8.76 Å². The topological polar surface area (TPSA) is 63.3 Å². The molecule has 53 valence electrons. The lowest BCUT2D eigenvalue weighted by Crippen LogP contribution is -1.90. The molecule has 0 saturated heterocycles. The van der Waals surface area contributed by atoms with Gasteiger partial charge in [0.2, 0.25) is 0 Å². The van der Waals surface area contributed by atoms with E-state index in [4.69, 9.17) is 10.3 Å². The number of rotatable bonds is 1. The maximum atomic E-state index is 10.4. The molecule has 1 unspecified atom stereocenters. The Hall–Kier alpha value is -0.870. The van der Waals surface area contributed by atoms with E-state index in [-0.39, 0.29) is 0 Å². The first kappa shape index (κ1) is 7.24. The zero-order valence-corrected chi connectivity index (χ0v) is 5.89. The predicted octanol–water partition coefficient (Wildman–Crippen LogP) is 0.650. The monoisotopic (exact) mass is 156 g/mol. The first-order valence-electron chi connectivity index (χ1n) is 2.58. The maximum absolute atomic E-state index is 10.4. The van der Waals surface area contributed by atoms with Gasteiger partial charge in [-0.2, -0.15) is 0 Å². The van der Waals surface area contributed by atoms with Gasteiger partial charge in [0.05, 0.1) is 4.90 Å². The van der Waals surface area contributed by atoms with Crippen molar-refractivity contribution in [2.75, 3.05) is 5.73 Å². The third-order valence-corrected chi connectivity index (χ3v) is 1.65. The van der Waals surface area contributed by atoms with Gasteiger partial charge in [-0.05, 0) is 12.1 Å². The lowest BCUT2D eigenvalue weighted by Gasteiger charge is -1.93. The van der Waals surface area contributed by atoms with Gasteiger partial charge in [-0.25, -0.2) is 4.21 Å². The van der Waals surface area contributed by atoms with E-state index < -0.39 is 11.1 Å². The number of nitrogen functional groups attached to an aromatic ring is 1. The fourth-order valence-electron chi connectivity index (χ4n) is 0.572. The predicted molar refractivity (Wildman–Crippen MR) is 38.7 cm³/mol. The van der Waals surface area contributed by atoms with E-state index in [1.54, 1.807) is 0 Å². The van der Waals surface area contributed by atoms with E-state index >= 15 is 0 Å². The molecule has 0 aliphatic rings. The van der Waals surface area contributed by atoms with Gasteiger partial charge in [0.25, 0.3) is 0 Å². The molecule has 0 aromatic heterocycles. The number of hydrogen-bond acceptors (Lipinski definition) is 2. The zero-order chi connectivity index (χ0) is 7.56. The molecule has 0 aliphatic heterocycles. The SMILES string of the molecule is Nc1[c]ccc(S(=O)O)c1. The van der Waals surface area contributed by atoms with E-state index in [1.165, 1.54) is 18.2 Å². The van der Waals surface area contributed by atoms with Gasteiger partial charge in [-0.3, -0.25) is 0 Å². The van der Waals surface area contributed by atoms with Crippen LogP contribution in [0.3, 0.4) is 0 Å². The van der Waals surface area contributed by atoms with Crippen LogP contribution in [0.4, 0.5) is 5.69 Å². The highest BCUT2D eigenvalue weighted by Gasteiger charge is 1.97. The van der Waals surface area contributed by atoms with Crippen molar-refractivity contribution in [3.05, 3.63) is 24.3 Å². The standard InChI is InChI=1S/C6H6NO2S/c7-5-2-1-3-6(4-5)10(8)9/h1,3-4H,7H2,(H,8,9). The van der Waals surface area contributed by atoms with E-state index in [9.17, 15) is 4.21 Å². The Morgan fingerprint density at radius 1 is 1.70 bits per heavy atom. The van der Waals surface area contributed by atoms with Crippen LogP contribution < -0.4 is 5.73 Å². The average Bonchev–Trinajstić information content (AvgIpc) is 1.88. The van der Waals surface area contributed by atoms with Crippen molar-refractivity contribution in [3.63, 3.8) is 0 Å². The molecule has 1 aromatic carbocycles. The van der Waals surface area contributed by atoms with Crippen LogP contribution in [0.2, 0.25) is 0 Å². The Bertz CT molecular complexity index is 262. The fourth-order valence-corrected chi connectivity index (χ4v) is 0.984. The molecular formula is C6H6NO2S. The summed E-state index contributed by atoms with van der Waals surface area (Å²) >= 11 is -1.94. The van der Waals surface area contributed by atoms with Crippen molar-refractivity contribution in [1.29, 1.82) is 0 Å². The van der Waals surface area contributed by atoms with Crippen molar-refractivity contribution in [2.24, 2.45) is 0 Å². The average molecular weight is 156 g/mol. The van der Waals surface area contributed by atoms with Crippen molar-refractivity contribution in [2.45, 2.75) is 4.90 Å². The molecule has 0 fully saturated rings. The molecule has 1 atom stereocenters. The zero-order valence-electron chi connectivity index (χ0n) is 5.07. The summed E-state index contributed by atoms with van der Waals surface area (Å²) in [5.74, 6) is 0. The Labute approximate surface area is 61.1 Å². The quantitative estimate of drug-likeness (QED) is 0.463. The van der Waals surface area contributed by atoms with E-state index in [0.29, 0.717) is 10.6 Å². The van der Waals surface area contributed by atoms with Crippen molar-refractivity contribution in [3.8, 4) is 0 Å². The highest BCUT2D eigenvalue weighted by atomic mass is 32.2. The first-order chi connectivity index (χ1) is 4.70. The van der Waals surface area contributed by atoms with Crippen LogP contribution in [-0.2, 0) is 11.1 Å². The van der Waals surface area contributed by atoms with Crippen LogP contribution in [0, 0.1) is 6.07 Å². The lowest BCUT2D eigenvalue weighted by atomic mass is 10.3. The van der Waals surface area contributed by atoms with Crippen LogP contribution in [0.5, 0.6) is 0 Å². The highest BCUT2D eigenvalue weighted by molar-refractivity contribution is 7.79. The Morgan fingerprint density at radius 2 is 2.40 bits per heavy atom. The Kier molecular flexibility index (Phi) is 2.03. The van der Waals surface area contributed by atoms with Crippen molar-refractivity contribution in [1.82, 2.24) is 0 Å². The van der Waals surface area contributed by atoms with Gasteiger partial charge >= 0.3 is 0 Å². The van der Waals surface area contributed by atoms with Crippen LogP contribution in [0.25, 0.3) is 0 Å². The number of hydrogen-bond donors (Lipinski definition) is 2. The summed E-state index contributed by atoms with van der Waals surface area (Å²) in [6.07, 6.45) is 0. The summed E-state index contributed by atoms with van der Waals surface area (Å²) in [6.45, 7) is 0. The fraction of sp³-hybridized carbons (Fsp3) is 0. The summed E-state index contributed by atoms with van der Waals surface area (Å²) in [5, 5.41) is 0. The molecule has 0 spiro atoms. The lowest BCUT2D eigenvalue weighted by molar-refractivity contribution is 0.564. The molecular weight excluding hydrogens is 150 g/mol. The molecule has 1 rings (SSSR count). The number of benzene rings is 1. The molecule has 0 aliphatic carbocycles. The minimum Gasteiger partial charge on any atom is -0.398 e. The molecule has 1 radical (unpaired) electrons. The number of nitrogens with two attached hydrogens (primary N) is 1. The van der Waals surface area contributed by atoms with Crippen LogP contribution in [0.15, 0.2) is 23.1 Å². The normalized spacial score (nSPS) is 12.9. The smallest absolute Gasteiger partial charge is 0.186 e. The summed E-state index contributed by atoms with van der Waals surface area (Å²) in [6, 6.07) is 7.08. The van der Waals surface area contributed by atoms with E-state index in [1.807, 2.05) is 0 Å². The third-order valence-electron chi connectivity index (χ3n) is 0.997. The summed E-state index contributed by atoms with van der Waals surface area (Å²) in [5.41, 5.74) is 5.67. The van der Waals surface area contributed by atoms with E-state index in [2.05, 4.69) is 6.07 Å². The molecule has 4 heteroatoms. The maximum Gasteiger partial charge on any atom is 0.186 e. The van der Waals surface area contributed by atoms with Gasteiger partial charge < -0.3 is 10.3 Å². The van der Waals surface area contributed by atoms with Gasteiger partial charge in [0.15, 0.2) is 11.1 Å². The van der Waals surface area contributed by atoms with Crippen LogP contribution >= 0.6 is 0 Å². The minimum absolute atomic E-state index is 0.302. The molecule has 3 nitrogen and oxygen atoms in total. The highest BCUT2D eigenvalue weighted by Crippen LogP contribution is 2.07. The summed E-state index contributed by atoms with van der Waals surface area (Å²) in [7, 11) is 0. The van der Waals surface area contributed by atoms with Crippen molar-refractivity contribution >= 4 is 16.8 Å². The second kappa shape index (κ2) is 2.81. The first-order valence-corrected chi connectivity index (χ1v) is 3.69. The Balaban J connectivity index is 3.07. The minimum atomic E-state index is -1.94. The molecule has 0 saturated carbocycles. The molecule has 0 bridgehead atoms. The second-order valence-electron chi connectivity index (χ2n) is 1.73. The second-order valence-corrected chi connectivity index (χ2v) is 2.70. The van der Waals surface area contributed by atoms with Gasteiger partial charge in [-0.15, -0.1) is 0 Å². The Morgan fingerprint density at radius 3 is 2.80 bits per heavy atom. The van der Waals surface area contributed by atoms with Gasteiger partial charge in [0.1, 0.15) is 0 Å². The largest absolute Gasteiger partial charge is 0.398 e. The van der Waals surface area contributed by atoms with Gasteiger partial charge in [-0.1, -0.05) is 6.07 Å². The van der Waals surface area contributed by atoms with Crippen LogP contribution in [-0.4, -0.2) is 8.76 Å². The van der Waals surface area contributed by atoms with E-state index in [0.717, 1.165) is 0 Å². The summed E-state index contributed by atoms with van der Waals surface area (Å²) < 4.78 is 18.9. The molecule has 0 amide bonds. The molecule has 1 aromatic rings. The third kappa shape index (κ3) is 1.55. The van der Waals surface area contributed by atoms with Crippen LogP contribution in [0.1, 0.15) is 0 Å². The molecule has 10 heavy (non-hydrogen) atoms.